The summed E-state index contributed by atoms with van der Waals surface area (Å²) >= 11 is 5.82. The van der Waals surface area contributed by atoms with Crippen LogP contribution >= 0.6 is 11.6 Å². The normalized spacial score (nSPS) is 14.8. The molecule has 1 fully saturated rings. The zero-order valence-corrected chi connectivity index (χ0v) is 14.9. The second-order valence-corrected chi connectivity index (χ2v) is 6.78. The number of carbonyl (C=O) groups is 1. The third-order valence-corrected chi connectivity index (χ3v) is 4.58. The second kappa shape index (κ2) is 8.77. The van der Waals surface area contributed by atoms with Gasteiger partial charge in [-0.25, -0.2) is 0 Å². The maximum atomic E-state index is 12.0. The van der Waals surface area contributed by atoms with Crippen molar-refractivity contribution in [3.63, 3.8) is 0 Å². The van der Waals surface area contributed by atoms with Crippen molar-refractivity contribution in [2.75, 3.05) is 17.2 Å². The van der Waals surface area contributed by atoms with Crippen LogP contribution in [0.5, 0.6) is 5.75 Å². The highest BCUT2D eigenvalue weighted by atomic mass is 35.5. The molecule has 5 heteroatoms. The van der Waals surface area contributed by atoms with E-state index < -0.39 is 0 Å². The molecule has 1 aliphatic rings. The summed E-state index contributed by atoms with van der Waals surface area (Å²) < 4.78 is 5.44. The quantitative estimate of drug-likeness (QED) is 0.755. The third-order valence-electron chi connectivity index (χ3n) is 4.33. The summed E-state index contributed by atoms with van der Waals surface area (Å²) in [6, 6.07) is 15.3. The summed E-state index contributed by atoms with van der Waals surface area (Å²) in [5.41, 5.74) is 1.86. The molecule has 3 rings (SSSR count). The van der Waals surface area contributed by atoms with Crippen molar-refractivity contribution in [3.05, 3.63) is 53.6 Å². The molecule has 0 aliphatic heterocycles. The van der Waals surface area contributed by atoms with Gasteiger partial charge in [-0.2, -0.15) is 0 Å². The average Bonchev–Trinajstić information content (AvgIpc) is 2.64. The van der Waals surface area contributed by atoms with Crippen LogP contribution in [0.15, 0.2) is 48.5 Å². The molecule has 0 spiro atoms. The van der Waals surface area contributed by atoms with Gasteiger partial charge in [0, 0.05) is 22.4 Å². The number of rotatable bonds is 6. The zero-order valence-electron chi connectivity index (χ0n) is 14.1. The van der Waals surface area contributed by atoms with Crippen molar-refractivity contribution in [2.45, 2.75) is 38.1 Å². The van der Waals surface area contributed by atoms with Crippen molar-refractivity contribution in [2.24, 2.45) is 0 Å². The van der Waals surface area contributed by atoms with Crippen LogP contribution in [0.3, 0.4) is 0 Å². The molecule has 0 unspecified atom stereocenters. The van der Waals surface area contributed by atoms with Crippen LogP contribution in [0.1, 0.15) is 32.1 Å². The molecule has 0 heterocycles. The molecule has 2 aromatic carbocycles. The third kappa shape index (κ3) is 5.68. The lowest BCUT2D eigenvalue weighted by Crippen LogP contribution is -2.22. The summed E-state index contributed by atoms with van der Waals surface area (Å²) in [6.45, 7) is -0.0380. The molecule has 4 nitrogen and oxygen atoms in total. The number of anilines is 2. The van der Waals surface area contributed by atoms with Crippen LogP contribution in [-0.4, -0.2) is 18.6 Å². The Morgan fingerprint density at radius 3 is 2.28 bits per heavy atom. The number of nitrogens with one attached hydrogen (secondary N) is 2. The van der Waals surface area contributed by atoms with E-state index in [0.29, 0.717) is 16.8 Å². The van der Waals surface area contributed by atoms with Crippen molar-refractivity contribution in [3.8, 4) is 5.75 Å². The molecule has 0 aromatic heterocycles. The Bertz CT molecular complexity index is 680. The van der Waals surface area contributed by atoms with E-state index in [9.17, 15) is 4.79 Å². The fourth-order valence-corrected chi connectivity index (χ4v) is 3.14. The van der Waals surface area contributed by atoms with Crippen LogP contribution in [-0.2, 0) is 4.79 Å². The molecule has 2 N–H and O–H groups in total. The molecule has 132 valence electrons. The van der Waals surface area contributed by atoms with E-state index in [0.717, 1.165) is 11.4 Å². The van der Waals surface area contributed by atoms with E-state index >= 15 is 0 Å². The van der Waals surface area contributed by atoms with Crippen LogP contribution in [0.25, 0.3) is 0 Å². The SMILES string of the molecule is O=C(COc1ccc(Cl)cc1)Nc1ccc(NC2CCCCC2)cc1. The topological polar surface area (TPSA) is 50.4 Å². The number of halogens is 1. The molecular formula is C20H23ClN2O2. The number of carbonyl (C=O) groups excluding carboxylic acids is 1. The first-order valence-electron chi connectivity index (χ1n) is 8.74. The monoisotopic (exact) mass is 358 g/mol. The Hall–Kier alpha value is -2.20. The van der Waals surface area contributed by atoms with E-state index in [1.54, 1.807) is 24.3 Å². The van der Waals surface area contributed by atoms with Crippen LogP contribution in [0, 0.1) is 0 Å². The van der Waals surface area contributed by atoms with Gasteiger partial charge in [0.15, 0.2) is 6.61 Å². The summed E-state index contributed by atoms with van der Waals surface area (Å²) in [5, 5.41) is 7.04. The van der Waals surface area contributed by atoms with Gasteiger partial charge in [-0.15, -0.1) is 0 Å². The molecule has 25 heavy (non-hydrogen) atoms. The van der Waals surface area contributed by atoms with Gasteiger partial charge >= 0.3 is 0 Å². The van der Waals surface area contributed by atoms with E-state index in [1.807, 2.05) is 24.3 Å². The molecule has 2 aromatic rings. The molecule has 1 saturated carbocycles. The van der Waals surface area contributed by atoms with Crippen LogP contribution in [0.2, 0.25) is 5.02 Å². The average molecular weight is 359 g/mol. The van der Waals surface area contributed by atoms with Crippen molar-refractivity contribution in [1.82, 2.24) is 0 Å². The van der Waals surface area contributed by atoms with E-state index in [-0.39, 0.29) is 12.5 Å². The van der Waals surface area contributed by atoms with Gasteiger partial charge in [0.25, 0.3) is 5.91 Å². The van der Waals surface area contributed by atoms with Gasteiger partial charge in [0.2, 0.25) is 0 Å². The minimum Gasteiger partial charge on any atom is -0.484 e. The van der Waals surface area contributed by atoms with Crippen LogP contribution < -0.4 is 15.4 Å². The first-order chi connectivity index (χ1) is 12.2. The molecule has 1 aliphatic carbocycles. The Balaban J connectivity index is 1.45. The molecule has 0 saturated heterocycles. The second-order valence-electron chi connectivity index (χ2n) is 6.35. The van der Waals surface area contributed by atoms with Gasteiger partial charge in [0.1, 0.15) is 5.75 Å². The van der Waals surface area contributed by atoms with Gasteiger partial charge in [-0.05, 0) is 61.4 Å². The highest BCUT2D eigenvalue weighted by molar-refractivity contribution is 6.30. The Morgan fingerprint density at radius 2 is 1.60 bits per heavy atom. The minimum absolute atomic E-state index is 0.0380. The van der Waals surface area contributed by atoms with Crippen molar-refractivity contribution in [1.29, 1.82) is 0 Å². The summed E-state index contributed by atoms with van der Waals surface area (Å²) in [6.07, 6.45) is 6.43. The lowest BCUT2D eigenvalue weighted by Gasteiger charge is -2.23. The highest BCUT2D eigenvalue weighted by Gasteiger charge is 2.12. The fourth-order valence-electron chi connectivity index (χ4n) is 3.01. The summed E-state index contributed by atoms with van der Waals surface area (Å²) in [7, 11) is 0. The first-order valence-corrected chi connectivity index (χ1v) is 9.12. The number of ether oxygens (including phenoxy) is 1. The molecule has 0 bridgehead atoms. The Kier molecular flexibility index (Phi) is 6.18. The van der Waals surface area contributed by atoms with Crippen molar-refractivity contribution < 1.29 is 9.53 Å². The van der Waals surface area contributed by atoms with Gasteiger partial charge in [-0.3, -0.25) is 4.79 Å². The standard InChI is InChI=1S/C20H23ClN2O2/c21-15-6-12-19(13-7-15)25-14-20(24)23-18-10-8-17(9-11-18)22-16-4-2-1-3-5-16/h6-13,16,22H,1-5,14H2,(H,23,24). The highest BCUT2D eigenvalue weighted by Crippen LogP contribution is 2.22. The van der Waals surface area contributed by atoms with Gasteiger partial charge in [-0.1, -0.05) is 30.9 Å². The molecule has 1 amide bonds. The smallest absolute Gasteiger partial charge is 0.262 e. The number of hydrogen-bond acceptors (Lipinski definition) is 3. The minimum atomic E-state index is -0.192. The lowest BCUT2D eigenvalue weighted by atomic mass is 9.95. The van der Waals surface area contributed by atoms with E-state index in [2.05, 4.69) is 10.6 Å². The lowest BCUT2D eigenvalue weighted by molar-refractivity contribution is -0.118. The Labute approximate surface area is 153 Å². The molecule has 0 atom stereocenters. The van der Waals surface area contributed by atoms with Crippen molar-refractivity contribution >= 4 is 28.9 Å². The summed E-state index contributed by atoms with van der Waals surface area (Å²) in [4.78, 5) is 12.0. The van der Waals surface area contributed by atoms with E-state index in [4.69, 9.17) is 16.3 Å². The fraction of sp³-hybridized carbons (Fsp3) is 0.350. The van der Waals surface area contributed by atoms with Gasteiger partial charge in [0.05, 0.1) is 0 Å². The Morgan fingerprint density at radius 1 is 0.960 bits per heavy atom. The largest absolute Gasteiger partial charge is 0.484 e. The number of hydrogen-bond donors (Lipinski definition) is 2. The number of benzene rings is 2. The first kappa shape index (κ1) is 17.6. The maximum Gasteiger partial charge on any atom is 0.262 e. The molecular weight excluding hydrogens is 336 g/mol. The maximum absolute atomic E-state index is 12.0. The van der Waals surface area contributed by atoms with Gasteiger partial charge < -0.3 is 15.4 Å². The predicted molar refractivity (Wildman–Crippen MR) is 103 cm³/mol. The van der Waals surface area contributed by atoms with Crippen LogP contribution in [0.4, 0.5) is 11.4 Å². The number of amides is 1. The summed E-state index contributed by atoms with van der Waals surface area (Å²) in [5.74, 6) is 0.425. The molecule has 0 radical (unpaired) electrons. The zero-order chi connectivity index (χ0) is 17.5. The van der Waals surface area contributed by atoms with E-state index in [1.165, 1.54) is 32.1 Å². The predicted octanol–water partition coefficient (Wildman–Crippen LogP) is 5.10.